The van der Waals surface area contributed by atoms with Crippen molar-refractivity contribution in [3.05, 3.63) is 158 Å². The summed E-state index contributed by atoms with van der Waals surface area (Å²) in [5, 5.41) is 0. The minimum Gasteiger partial charge on any atom is -0.374 e. The SMILES string of the molecule is [B].[Ir].[Y].[c-]1ccc(-c2[c-]cccc2)[c-]c1-c1nc2ccccc2n1-c1ccccc1.[c-]1ccccc1-c1ncccn1. The molecule has 0 aliphatic rings. The van der Waals surface area contributed by atoms with Crippen molar-refractivity contribution in [1.29, 1.82) is 0 Å². The van der Waals surface area contributed by atoms with Crippen LogP contribution in [0.5, 0.6) is 0 Å². The van der Waals surface area contributed by atoms with Gasteiger partial charge in [-0.15, -0.1) is 66.2 Å². The Labute approximate surface area is 287 Å². The van der Waals surface area contributed by atoms with Gasteiger partial charge in [0.15, 0.2) is 0 Å². The maximum absolute atomic E-state index is 4.88. The van der Waals surface area contributed by atoms with Crippen LogP contribution in [0, 0.1) is 24.3 Å². The zero-order chi connectivity index (χ0) is 26.3. The van der Waals surface area contributed by atoms with E-state index < -0.39 is 0 Å². The van der Waals surface area contributed by atoms with Crippen molar-refractivity contribution in [2.45, 2.75) is 0 Å². The zero-order valence-electron chi connectivity index (χ0n) is 22.5. The molecule has 0 fully saturated rings. The number of para-hydroxylation sites is 3. The van der Waals surface area contributed by atoms with Crippen LogP contribution in [0.1, 0.15) is 0 Å². The molecule has 7 aromatic rings. The summed E-state index contributed by atoms with van der Waals surface area (Å²) in [6, 6.07) is 52.9. The molecule has 0 aliphatic heterocycles. The van der Waals surface area contributed by atoms with E-state index in [1.165, 1.54) is 0 Å². The molecule has 0 atom stereocenters. The first-order valence-corrected chi connectivity index (χ1v) is 12.6. The van der Waals surface area contributed by atoms with Gasteiger partial charge in [0, 0.05) is 79.3 Å². The molecule has 201 valence electrons. The molecule has 2 heterocycles. The molecule has 0 N–H and O–H groups in total. The molecule has 42 heavy (non-hydrogen) atoms. The van der Waals surface area contributed by atoms with Gasteiger partial charge >= 0.3 is 0 Å². The largest absolute Gasteiger partial charge is 0.374 e. The van der Waals surface area contributed by atoms with E-state index in [2.05, 4.69) is 57.0 Å². The van der Waals surface area contributed by atoms with Crippen LogP contribution in [0.3, 0.4) is 0 Å². The van der Waals surface area contributed by atoms with Gasteiger partial charge in [-0.25, -0.2) is 6.07 Å². The van der Waals surface area contributed by atoms with E-state index in [1.54, 1.807) is 18.5 Å². The third kappa shape index (κ3) is 7.64. The minimum absolute atomic E-state index is 0. The average Bonchev–Trinajstić information content (AvgIpc) is 3.43. The van der Waals surface area contributed by atoms with Crippen LogP contribution in [0.2, 0.25) is 0 Å². The van der Waals surface area contributed by atoms with Crippen molar-refractivity contribution in [2.24, 2.45) is 0 Å². The number of aromatic nitrogens is 4. The van der Waals surface area contributed by atoms with Gasteiger partial charge in [0.1, 0.15) is 0 Å². The second kappa shape index (κ2) is 16.2. The van der Waals surface area contributed by atoms with Crippen molar-refractivity contribution in [2.75, 3.05) is 0 Å². The maximum atomic E-state index is 4.88. The van der Waals surface area contributed by atoms with E-state index in [4.69, 9.17) is 4.98 Å². The molecule has 7 rings (SSSR count). The molecule has 0 amide bonds. The molecule has 2 aromatic heterocycles. The predicted octanol–water partition coefficient (Wildman–Crippen LogP) is 7.32. The average molecular weight is 791 g/mol. The fourth-order valence-corrected chi connectivity index (χ4v) is 4.26. The fraction of sp³-hybridized carbons (Fsp3) is 0. The van der Waals surface area contributed by atoms with Crippen LogP contribution in [0.15, 0.2) is 134 Å². The monoisotopic (exact) mass is 791 g/mol. The summed E-state index contributed by atoms with van der Waals surface area (Å²) in [7, 11) is 0. The fourth-order valence-electron chi connectivity index (χ4n) is 4.26. The van der Waals surface area contributed by atoms with Gasteiger partial charge in [-0.2, -0.15) is 5.56 Å². The van der Waals surface area contributed by atoms with Crippen LogP contribution in [0.25, 0.3) is 50.6 Å². The van der Waals surface area contributed by atoms with Crippen molar-refractivity contribution in [3.63, 3.8) is 0 Å². The Morgan fingerprint density at radius 3 is 1.90 bits per heavy atom. The zero-order valence-corrected chi connectivity index (χ0v) is 27.7. The molecule has 4 nitrogen and oxygen atoms in total. The van der Waals surface area contributed by atoms with Gasteiger partial charge in [-0.1, -0.05) is 30.3 Å². The van der Waals surface area contributed by atoms with Crippen LogP contribution >= 0.6 is 0 Å². The van der Waals surface area contributed by atoms with E-state index in [-0.39, 0.29) is 61.2 Å². The van der Waals surface area contributed by atoms with Crippen molar-refractivity contribution >= 4 is 19.4 Å². The summed E-state index contributed by atoms with van der Waals surface area (Å²) in [6.45, 7) is 0. The molecular formula is C35H22BIrN4Y-4. The molecule has 0 saturated carbocycles. The Morgan fingerprint density at radius 1 is 0.571 bits per heavy atom. The maximum Gasteiger partial charge on any atom is 0.0748 e. The first-order chi connectivity index (χ1) is 19.4. The quantitative estimate of drug-likeness (QED) is 0.139. The van der Waals surface area contributed by atoms with E-state index in [9.17, 15) is 0 Å². The number of hydrogen-bond acceptors (Lipinski definition) is 3. The number of fused-ring (bicyclic) bond motifs is 1. The third-order valence-electron chi connectivity index (χ3n) is 6.05. The second-order valence-electron chi connectivity index (χ2n) is 8.61. The predicted molar refractivity (Wildman–Crippen MR) is 161 cm³/mol. The minimum atomic E-state index is 0. The molecule has 0 unspecified atom stereocenters. The Kier molecular flexibility index (Phi) is 12.7. The van der Waals surface area contributed by atoms with Crippen LogP contribution in [0.4, 0.5) is 0 Å². The van der Waals surface area contributed by atoms with Crippen LogP contribution < -0.4 is 0 Å². The molecule has 0 bridgehead atoms. The Bertz CT molecular complexity index is 1760. The van der Waals surface area contributed by atoms with Gasteiger partial charge in [-0.05, 0) is 36.2 Å². The van der Waals surface area contributed by atoms with E-state index in [0.29, 0.717) is 0 Å². The van der Waals surface area contributed by atoms with Crippen LogP contribution in [-0.2, 0) is 52.8 Å². The summed E-state index contributed by atoms with van der Waals surface area (Å²) >= 11 is 0. The Morgan fingerprint density at radius 2 is 1.21 bits per heavy atom. The van der Waals surface area contributed by atoms with Gasteiger partial charge in [0.2, 0.25) is 0 Å². The van der Waals surface area contributed by atoms with Crippen molar-refractivity contribution < 1.29 is 52.8 Å². The summed E-state index contributed by atoms with van der Waals surface area (Å²) < 4.78 is 2.16. The van der Waals surface area contributed by atoms with E-state index >= 15 is 0 Å². The number of rotatable bonds is 4. The molecule has 7 heteroatoms. The summed E-state index contributed by atoms with van der Waals surface area (Å²) in [5.41, 5.74) is 6.85. The van der Waals surface area contributed by atoms with Gasteiger partial charge in [0.05, 0.1) is 16.9 Å². The number of hydrogen-bond donors (Lipinski definition) is 0. The molecular weight excluding hydrogens is 768 g/mol. The van der Waals surface area contributed by atoms with Crippen molar-refractivity contribution in [1.82, 2.24) is 19.5 Å². The first kappa shape index (κ1) is 33.0. The summed E-state index contributed by atoms with van der Waals surface area (Å²) in [5.74, 6) is 1.55. The number of benzene rings is 5. The topological polar surface area (TPSA) is 43.6 Å². The van der Waals surface area contributed by atoms with Gasteiger partial charge < -0.3 is 15.6 Å². The third-order valence-corrected chi connectivity index (χ3v) is 6.05. The second-order valence-corrected chi connectivity index (χ2v) is 8.61. The summed E-state index contributed by atoms with van der Waals surface area (Å²) in [4.78, 5) is 13.1. The number of imidazole rings is 1. The number of nitrogens with zero attached hydrogens (tertiary/aromatic N) is 4. The van der Waals surface area contributed by atoms with Gasteiger partial charge in [0.25, 0.3) is 0 Å². The van der Waals surface area contributed by atoms with Crippen molar-refractivity contribution in [3.8, 4) is 39.6 Å². The van der Waals surface area contributed by atoms with E-state index in [0.717, 1.165) is 50.6 Å². The molecule has 0 aliphatic carbocycles. The van der Waals surface area contributed by atoms with Crippen LogP contribution in [-0.4, -0.2) is 27.9 Å². The smallest absolute Gasteiger partial charge is 0.0748 e. The Balaban J connectivity index is 0.000000275. The van der Waals surface area contributed by atoms with Gasteiger partial charge in [-0.3, -0.25) is 33.2 Å². The normalized spacial score (nSPS) is 9.81. The molecule has 0 spiro atoms. The molecule has 5 aromatic carbocycles. The standard InChI is InChI=1S/C25H15N2.C10H7N2.B.Ir.Y/c1-3-10-19(11-4-1)20-12-9-13-21(18-20)25-26-23-16-7-8-17-24(23)27(25)22-14-5-2-6-15-22;1-2-5-9(6-3-1)10-11-7-4-8-12-10;;;/h1-10,12,14-17H;1-5,7-8H;;;/q-3;-1;;;. The van der Waals surface area contributed by atoms with E-state index in [1.807, 2.05) is 97.1 Å². The Hall–Kier alpha value is -3.53. The summed E-state index contributed by atoms with van der Waals surface area (Å²) in [6.07, 6.45) is 3.45. The molecule has 0 saturated heterocycles. The molecule has 5 radical (unpaired) electrons. The first-order valence-electron chi connectivity index (χ1n) is 12.6.